The summed E-state index contributed by atoms with van der Waals surface area (Å²) < 4.78 is 10.9. The molecule has 1 amide bonds. The van der Waals surface area contributed by atoms with Crippen LogP contribution < -0.4 is 14.8 Å². The summed E-state index contributed by atoms with van der Waals surface area (Å²) >= 11 is 0. The fraction of sp³-hybridized carbons (Fsp3) is 0.160. The van der Waals surface area contributed by atoms with Crippen LogP contribution in [0.4, 0.5) is 0 Å². The van der Waals surface area contributed by atoms with Gasteiger partial charge in [-0.1, -0.05) is 30.3 Å². The Balaban J connectivity index is 1.31. The third-order valence-electron chi connectivity index (χ3n) is 5.31. The van der Waals surface area contributed by atoms with Crippen LogP contribution in [0, 0.1) is 0 Å². The van der Waals surface area contributed by atoms with Crippen molar-refractivity contribution in [3.63, 3.8) is 0 Å². The molecule has 0 fully saturated rings. The lowest BCUT2D eigenvalue weighted by Gasteiger charge is -2.09. The minimum atomic E-state index is -0.112. The van der Waals surface area contributed by atoms with E-state index in [-0.39, 0.29) is 12.7 Å². The highest BCUT2D eigenvalue weighted by Gasteiger charge is 2.20. The average Bonchev–Trinajstić information content (AvgIpc) is 3.49. The molecule has 0 radical (unpaired) electrons. The zero-order valence-electron chi connectivity index (χ0n) is 16.9. The van der Waals surface area contributed by atoms with Crippen LogP contribution >= 0.6 is 0 Å². The first kappa shape index (κ1) is 19.1. The van der Waals surface area contributed by atoms with E-state index in [0.717, 1.165) is 39.6 Å². The van der Waals surface area contributed by atoms with Crippen molar-refractivity contribution >= 4 is 17.2 Å². The second-order valence-corrected chi connectivity index (χ2v) is 7.31. The normalized spacial score (nSPS) is 14.2. The number of carbonyl (C=O) groups is 1. The Morgan fingerprint density at radius 3 is 2.77 bits per heavy atom. The van der Waals surface area contributed by atoms with Gasteiger partial charge in [-0.3, -0.25) is 14.8 Å². The maximum absolute atomic E-state index is 12.9. The highest BCUT2D eigenvalue weighted by Crippen LogP contribution is 2.35. The predicted molar refractivity (Wildman–Crippen MR) is 119 cm³/mol. The summed E-state index contributed by atoms with van der Waals surface area (Å²) in [6.07, 6.45) is 4.48. The molecular formula is C25H21N3O3. The first-order valence-electron chi connectivity index (χ1n) is 10.2. The average molecular weight is 411 g/mol. The maximum Gasteiger partial charge on any atom is 0.251 e. The number of amides is 1. The van der Waals surface area contributed by atoms with Crippen LogP contribution in [0.1, 0.15) is 27.2 Å². The van der Waals surface area contributed by atoms with E-state index < -0.39 is 0 Å². The number of pyridine rings is 1. The Labute approximate surface area is 180 Å². The zero-order chi connectivity index (χ0) is 21.0. The molecule has 3 heterocycles. The van der Waals surface area contributed by atoms with Gasteiger partial charge in [-0.15, -0.1) is 0 Å². The summed E-state index contributed by atoms with van der Waals surface area (Å²) in [7, 11) is 0. The van der Waals surface area contributed by atoms with Gasteiger partial charge in [0.1, 0.15) is 0 Å². The standard InChI is InChI=1S/C25H21N3O3/c29-25(27-12-10-19-5-3-4-11-26-19)21-7-2-1-6-20(21)22-13-18(15-28-22)17-8-9-23-24(14-17)31-16-30-23/h1-9,11,13-14H,10,12,15-16H2,(H,27,29). The number of hydrogen-bond donors (Lipinski definition) is 1. The van der Waals surface area contributed by atoms with Crippen molar-refractivity contribution in [2.75, 3.05) is 19.9 Å². The van der Waals surface area contributed by atoms with Crippen LogP contribution in [0.5, 0.6) is 11.5 Å². The first-order chi connectivity index (χ1) is 15.3. The van der Waals surface area contributed by atoms with Gasteiger partial charge in [-0.25, -0.2) is 0 Å². The Bertz CT molecular complexity index is 1190. The fourth-order valence-electron chi connectivity index (χ4n) is 3.71. The van der Waals surface area contributed by atoms with Crippen LogP contribution in [-0.4, -0.2) is 36.5 Å². The van der Waals surface area contributed by atoms with Gasteiger partial charge in [0.05, 0.1) is 12.3 Å². The quantitative estimate of drug-likeness (QED) is 0.672. The molecule has 0 aliphatic carbocycles. The van der Waals surface area contributed by atoms with E-state index in [2.05, 4.69) is 10.3 Å². The van der Waals surface area contributed by atoms with E-state index >= 15 is 0 Å². The summed E-state index contributed by atoms with van der Waals surface area (Å²) in [5.74, 6) is 1.40. The lowest BCUT2D eigenvalue weighted by atomic mass is 10.00. The highest BCUT2D eigenvalue weighted by atomic mass is 16.7. The van der Waals surface area contributed by atoms with Gasteiger partial charge in [0.25, 0.3) is 5.91 Å². The van der Waals surface area contributed by atoms with Crippen molar-refractivity contribution in [3.8, 4) is 11.5 Å². The molecule has 0 saturated heterocycles. The van der Waals surface area contributed by atoms with Crippen molar-refractivity contribution in [2.45, 2.75) is 6.42 Å². The molecule has 2 aliphatic rings. The Morgan fingerprint density at radius 2 is 1.87 bits per heavy atom. The van der Waals surface area contributed by atoms with Gasteiger partial charge in [0.15, 0.2) is 11.5 Å². The molecule has 0 saturated carbocycles. The van der Waals surface area contributed by atoms with Crippen LogP contribution in [0.3, 0.4) is 0 Å². The molecule has 1 aromatic heterocycles. The largest absolute Gasteiger partial charge is 0.454 e. The number of ether oxygens (including phenoxy) is 2. The number of fused-ring (bicyclic) bond motifs is 1. The second-order valence-electron chi connectivity index (χ2n) is 7.31. The molecule has 154 valence electrons. The molecule has 6 heteroatoms. The Morgan fingerprint density at radius 1 is 1.00 bits per heavy atom. The van der Waals surface area contributed by atoms with E-state index in [4.69, 9.17) is 14.5 Å². The minimum Gasteiger partial charge on any atom is -0.454 e. The second kappa shape index (κ2) is 8.44. The van der Waals surface area contributed by atoms with Crippen molar-refractivity contribution in [1.82, 2.24) is 10.3 Å². The molecule has 1 N–H and O–H groups in total. The van der Waals surface area contributed by atoms with Crippen LogP contribution in [0.2, 0.25) is 0 Å². The summed E-state index contributed by atoms with van der Waals surface area (Å²) in [4.78, 5) is 21.8. The van der Waals surface area contributed by atoms with Crippen LogP contribution in [-0.2, 0) is 6.42 Å². The SMILES string of the molecule is O=C(NCCc1ccccn1)c1ccccc1C1=NCC(c2ccc3c(c2)OCO3)=C1. The molecule has 5 rings (SSSR count). The summed E-state index contributed by atoms with van der Waals surface area (Å²) in [5.41, 5.74) is 5.33. The van der Waals surface area contributed by atoms with Gasteiger partial charge in [-0.05, 0) is 47.5 Å². The Kier molecular flexibility index (Phi) is 5.19. The van der Waals surface area contributed by atoms with Gasteiger partial charge in [0.2, 0.25) is 6.79 Å². The van der Waals surface area contributed by atoms with E-state index in [9.17, 15) is 4.79 Å². The van der Waals surface area contributed by atoms with Gasteiger partial charge in [-0.2, -0.15) is 0 Å². The number of nitrogens with one attached hydrogen (secondary N) is 1. The van der Waals surface area contributed by atoms with Gasteiger partial charge < -0.3 is 14.8 Å². The lowest BCUT2D eigenvalue weighted by Crippen LogP contribution is -2.27. The minimum absolute atomic E-state index is 0.112. The summed E-state index contributed by atoms with van der Waals surface area (Å²) in [6, 6.07) is 19.2. The highest BCUT2D eigenvalue weighted by molar-refractivity contribution is 6.19. The van der Waals surface area contributed by atoms with Crippen molar-refractivity contribution in [2.24, 2.45) is 4.99 Å². The molecule has 0 unspecified atom stereocenters. The van der Waals surface area contributed by atoms with Gasteiger partial charge in [0, 0.05) is 36.0 Å². The topological polar surface area (TPSA) is 72.8 Å². The molecule has 3 aromatic rings. The van der Waals surface area contributed by atoms with E-state index in [1.54, 1.807) is 6.20 Å². The summed E-state index contributed by atoms with van der Waals surface area (Å²) in [5, 5.41) is 3.00. The van der Waals surface area contributed by atoms with Crippen LogP contribution in [0.15, 0.2) is 77.9 Å². The zero-order valence-corrected chi connectivity index (χ0v) is 16.9. The Hall–Kier alpha value is -3.93. The number of nitrogens with zero attached hydrogens (tertiary/aromatic N) is 2. The smallest absolute Gasteiger partial charge is 0.251 e. The van der Waals surface area contributed by atoms with Crippen LogP contribution in [0.25, 0.3) is 5.57 Å². The lowest BCUT2D eigenvalue weighted by molar-refractivity contribution is 0.0954. The third kappa shape index (κ3) is 4.05. The molecular weight excluding hydrogens is 390 g/mol. The van der Waals surface area contributed by atoms with Crippen molar-refractivity contribution in [3.05, 3.63) is 95.3 Å². The van der Waals surface area contributed by atoms with Gasteiger partial charge >= 0.3 is 0 Å². The molecule has 31 heavy (non-hydrogen) atoms. The summed E-state index contributed by atoms with van der Waals surface area (Å²) in [6.45, 7) is 1.34. The predicted octanol–water partition coefficient (Wildman–Crippen LogP) is 3.67. The number of hydrogen-bond acceptors (Lipinski definition) is 5. The first-order valence-corrected chi connectivity index (χ1v) is 10.2. The van der Waals surface area contributed by atoms with Crippen molar-refractivity contribution in [1.29, 1.82) is 0 Å². The number of aliphatic imine (C=N–C) groups is 1. The molecule has 0 atom stereocenters. The maximum atomic E-state index is 12.9. The number of benzene rings is 2. The van der Waals surface area contributed by atoms with E-state index in [1.165, 1.54) is 0 Å². The molecule has 0 spiro atoms. The number of aromatic nitrogens is 1. The third-order valence-corrected chi connectivity index (χ3v) is 5.31. The molecule has 2 aromatic carbocycles. The van der Waals surface area contributed by atoms with E-state index in [0.29, 0.717) is 25.1 Å². The van der Waals surface area contributed by atoms with Crippen molar-refractivity contribution < 1.29 is 14.3 Å². The fourth-order valence-corrected chi connectivity index (χ4v) is 3.71. The molecule has 2 aliphatic heterocycles. The van der Waals surface area contributed by atoms with E-state index in [1.807, 2.05) is 66.7 Å². The number of allylic oxidation sites excluding steroid dienone is 1. The number of rotatable bonds is 6. The monoisotopic (exact) mass is 411 g/mol. The molecule has 0 bridgehead atoms. The number of carbonyl (C=O) groups excluding carboxylic acids is 1. The molecule has 6 nitrogen and oxygen atoms in total.